The summed E-state index contributed by atoms with van der Waals surface area (Å²) in [4.78, 5) is 9.30. The first-order valence-electron chi connectivity index (χ1n) is 11.0. The molecular formula is C27H22N4O3S. The fourth-order valence-electron chi connectivity index (χ4n) is 3.49. The molecule has 0 unspecified atom stereocenters. The molecule has 0 spiro atoms. The molecule has 1 aromatic heterocycles. The molecule has 2 N–H and O–H groups in total. The van der Waals surface area contributed by atoms with E-state index in [1.165, 1.54) is 12.1 Å². The average Bonchev–Trinajstić information content (AvgIpc) is 2.89. The molecule has 5 rings (SSSR count). The van der Waals surface area contributed by atoms with Crippen LogP contribution >= 0.6 is 0 Å². The quantitative estimate of drug-likeness (QED) is 0.292. The van der Waals surface area contributed by atoms with Crippen LogP contribution in [0.1, 0.15) is 5.56 Å². The van der Waals surface area contributed by atoms with Gasteiger partial charge in [0.1, 0.15) is 12.4 Å². The highest BCUT2D eigenvalue weighted by Crippen LogP contribution is 2.28. The molecule has 4 aromatic carbocycles. The Balaban J connectivity index is 1.45. The van der Waals surface area contributed by atoms with E-state index in [0.29, 0.717) is 29.1 Å². The van der Waals surface area contributed by atoms with Gasteiger partial charge in [-0.15, -0.1) is 0 Å². The maximum atomic E-state index is 13.0. The van der Waals surface area contributed by atoms with Crippen molar-refractivity contribution < 1.29 is 13.2 Å². The fraction of sp³-hybridized carbons (Fsp3) is 0.0370. The zero-order valence-electron chi connectivity index (χ0n) is 18.6. The smallest absolute Gasteiger partial charge is 0.263 e. The number of fused-ring (bicyclic) bond motifs is 1. The first-order chi connectivity index (χ1) is 17.1. The standard InChI is InChI=1S/C27H22N4O3S/c32-35(33,23-14-5-2-6-15-23)31-27-26(29-24-16-7-8-17-25(24)30-27)28-21-12-9-13-22(18-21)34-19-20-10-3-1-4-11-20/h1-18H,19H2,(H,28,29)(H,30,31). The molecule has 0 aliphatic rings. The minimum absolute atomic E-state index is 0.100. The van der Waals surface area contributed by atoms with Gasteiger partial charge in [0, 0.05) is 11.8 Å². The molecule has 0 aliphatic carbocycles. The first-order valence-corrected chi connectivity index (χ1v) is 12.4. The lowest BCUT2D eigenvalue weighted by Crippen LogP contribution is -2.16. The zero-order chi connectivity index (χ0) is 24.1. The number of nitrogens with zero attached hydrogens (tertiary/aromatic N) is 2. The Bertz CT molecular complexity index is 1560. The summed E-state index contributed by atoms with van der Waals surface area (Å²) in [6.45, 7) is 0.433. The van der Waals surface area contributed by atoms with Gasteiger partial charge in [0.05, 0.1) is 15.9 Å². The van der Waals surface area contributed by atoms with E-state index in [1.807, 2.05) is 72.8 Å². The highest BCUT2D eigenvalue weighted by atomic mass is 32.2. The van der Waals surface area contributed by atoms with Gasteiger partial charge < -0.3 is 10.1 Å². The molecular weight excluding hydrogens is 460 g/mol. The van der Waals surface area contributed by atoms with Crippen LogP contribution in [0.4, 0.5) is 17.3 Å². The molecule has 0 fully saturated rings. The number of aromatic nitrogens is 2. The van der Waals surface area contributed by atoms with Crippen molar-refractivity contribution in [2.45, 2.75) is 11.5 Å². The lowest BCUT2D eigenvalue weighted by molar-refractivity contribution is 0.306. The lowest BCUT2D eigenvalue weighted by Gasteiger charge is -2.14. The van der Waals surface area contributed by atoms with Gasteiger partial charge in [-0.05, 0) is 42.0 Å². The lowest BCUT2D eigenvalue weighted by atomic mass is 10.2. The Labute approximate surface area is 203 Å². The average molecular weight is 483 g/mol. The number of ether oxygens (including phenoxy) is 1. The molecule has 5 aromatic rings. The molecule has 0 radical (unpaired) electrons. The van der Waals surface area contributed by atoms with Crippen LogP contribution in [0.2, 0.25) is 0 Å². The number of sulfonamides is 1. The molecule has 0 amide bonds. The number of hydrogen-bond donors (Lipinski definition) is 2. The molecule has 8 heteroatoms. The van der Waals surface area contributed by atoms with E-state index in [1.54, 1.807) is 24.3 Å². The summed E-state index contributed by atoms with van der Waals surface area (Å²) in [5.74, 6) is 1.05. The summed E-state index contributed by atoms with van der Waals surface area (Å²) in [6.07, 6.45) is 0. The van der Waals surface area contributed by atoms with Gasteiger partial charge in [-0.2, -0.15) is 0 Å². The van der Waals surface area contributed by atoms with Gasteiger partial charge in [0.25, 0.3) is 10.0 Å². The van der Waals surface area contributed by atoms with E-state index in [9.17, 15) is 8.42 Å². The van der Waals surface area contributed by atoms with Crippen molar-refractivity contribution in [3.63, 3.8) is 0 Å². The molecule has 35 heavy (non-hydrogen) atoms. The first kappa shape index (κ1) is 22.4. The van der Waals surface area contributed by atoms with Crippen molar-refractivity contribution in [1.82, 2.24) is 9.97 Å². The number of benzene rings is 4. The third-order valence-electron chi connectivity index (χ3n) is 5.20. The molecule has 0 bridgehead atoms. The zero-order valence-corrected chi connectivity index (χ0v) is 19.4. The largest absolute Gasteiger partial charge is 0.489 e. The summed E-state index contributed by atoms with van der Waals surface area (Å²) in [5, 5.41) is 3.20. The van der Waals surface area contributed by atoms with E-state index >= 15 is 0 Å². The fourth-order valence-corrected chi connectivity index (χ4v) is 4.52. The van der Waals surface area contributed by atoms with Crippen molar-refractivity contribution in [1.29, 1.82) is 0 Å². The van der Waals surface area contributed by atoms with Crippen LogP contribution < -0.4 is 14.8 Å². The summed E-state index contributed by atoms with van der Waals surface area (Å²) in [7, 11) is -3.86. The highest BCUT2D eigenvalue weighted by Gasteiger charge is 2.19. The predicted octanol–water partition coefficient (Wildman–Crippen LogP) is 5.75. The van der Waals surface area contributed by atoms with E-state index in [2.05, 4.69) is 20.0 Å². The summed E-state index contributed by atoms with van der Waals surface area (Å²) >= 11 is 0. The SMILES string of the molecule is O=S(=O)(Nc1nc2ccccc2nc1Nc1cccc(OCc2ccccc2)c1)c1ccccc1. The van der Waals surface area contributed by atoms with Gasteiger partial charge in [-0.25, -0.2) is 18.4 Å². The Morgan fingerprint density at radius 2 is 1.31 bits per heavy atom. The molecule has 0 saturated carbocycles. The number of hydrogen-bond acceptors (Lipinski definition) is 6. The molecule has 7 nitrogen and oxygen atoms in total. The van der Waals surface area contributed by atoms with Gasteiger partial charge in [-0.3, -0.25) is 4.72 Å². The van der Waals surface area contributed by atoms with Gasteiger partial charge in [0.15, 0.2) is 11.6 Å². The Kier molecular flexibility index (Phi) is 6.28. The van der Waals surface area contributed by atoms with Crippen molar-refractivity contribution in [2.24, 2.45) is 0 Å². The molecule has 0 atom stereocenters. The van der Waals surface area contributed by atoms with Crippen molar-refractivity contribution in [3.05, 3.63) is 115 Å². The minimum atomic E-state index is -3.86. The normalized spacial score (nSPS) is 11.2. The second-order valence-electron chi connectivity index (χ2n) is 7.76. The highest BCUT2D eigenvalue weighted by molar-refractivity contribution is 7.92. The van der Waals surface area contributed by atoms with Gasteiger partial charge in [0.2, 0.25) is 0 Å². The minimum Gasteiger partial charge on any atom is -0.489 e. The van der Waals surface area contributed by atoms with Crippen LogP contribution in [-0.4, -0.2) is 18.4 Å². The van der Waals surface area contributed by atoms with Crippen LogP contribution in [0.15, 0.2) is 114 Å². The maximum absolute atomic E-state index is 13.0. The van der Waals surface area contributed by atoms with Crippen LogP contribution in [0, 0.1) is 0 Å². The monoisotopic (exact) mass is 482 g/mol. The van der Waals surface area contributed by atoms with Gasteiger partial charge in [-0.1, -0.05) is 66.7 Å². The number of nitrogens with one attached hydrogen (secondary N) is 2. The maximum Gasteiger partial charge on any atom is 0.263 e. The van der Waals surface area contributed by atoms with Crippen LogP contribution in [-0.2, 0) is 16.6 Å². The summed E-state index contributed by atoms with van der Waals surface area (Å²) < 4.78 is 34.5. The Morgan fingerprint density at radius 1 is 0.686 bits per heavy atom. The van der Waals surface area contributed by atoms with Crippen LogP contribution in [0.3, 0.4) is 0 Å². The predicted molar refractivity (Wildman–Crippen MR) is 137 cm³/mol. The van der Waals surface area contributed by atoms with E-state index in [0.717, 1.165) is 5.56 Å². The van der Waals surface area contributed by atoms with Crippen LogP contribution in [0.5, 0.6) is 5.75 Å². The van der Waals surface area contributed by atoms with E-state index in [4.69, 9.17) is 4.74 Å². The van der Waals surface area contributed by atoms with Crippen molar-refractivity contribution in [3.8, 4) is 5.75 Å². The van der Waals surface area contributed by atoms with E-state index < -0.39 is 10.0 Å². The molecule has 174 valence electrons. The van der Waals surface area contributed by atoms with Gasteiger partial charge >= 0.3 is 0 Å². The number of anilines is 3. The third-order valence-corrected chi connectivity index (χ3v) is 6.56. The molecule has 1 heterocycles. The Morgan fingerprint density at radius 3 is 2.03 bits per heavy atom. The molecule has 0 saturated heterocycles. The second-order valence-corrected chi connectivity index (χ2v) is 9.44. The van der Waals surface area contributed by atoms with E-state index in [-0.39, 0.29) is 16.5 Å². The Hall–Kier alpha value is -4.43. The third kappa shape index (κ3) is 5.39. The van der Waals surface area contributed by atoms with Crippen molar-refractivity contribution >= 4 is 38.4 Å². The summed E-state index contributed by atoms with van der Waals surface area (Å²) in [6, 6.07) is 32.7. The number of rotatable bonds is 8. The van der Waals surface area contributed by atoms with Crippen LogP contribution in [0.25, 0.3) is 11.0 Å². The topological polar surface area (TPSA) is 93.2 Å². The molecule has 0 aliphatic heterocycles. The second kappa shape index (κ2) is 9.82. The van der Waals surface area contributed by atoms with Crippen molar-refractivity contribution in [2.75, 3.05) is 10.0 Å². The summed E-state index contributed by atoms with van der Waals surface area (Å²) in [5.41, 5.74) is 2.95. The number of para-hydroxylation sites is 2.